The Hall–Kier alpha value is -1.51. The van der Waals surface area contributed by atoms with Crippen LogP contribution in [0.3, 0.4) is 0 Å². The first-order valence-corrected chi connectivity index (χ1v) is 6.32. The van der Waals surface area contributed by atoms with Crippen LogP contribution in [-0.4, -0.2) is 6.54 Å². The molecule has 0 heterocycles. The van der Waals surface area contributed by atoms with Crippen LogP contribution in [0.4, 0.5) is 0 Å². The molecule has 0 fully saturated rings. The number of ether oxygens (including phenoxy) is 1. The molecule has 2 N–H and O–H groups in total. The predicted molar refractivity (Wildman–Crippen MR) is 75.0 cm³/mol. The van der Waals surface area contributed by atoms with E-state index in [2.05, 4.69) is 12.1 Å². The molecule has 18 heavy (non-hydrogen) atoms. The first kappa shape index (κ1) is 12.9. The van der Waals surface area contributed by atoms with Crippen molar-refractivity contribution in [3.05, 3.63) is 64.7 Å². The second-order valence-corrected chi connectivity index (χ2v) is 4.49. The minimum Gasteiger partial charge on any atom is -0.489 e. The lowest BCUT2D eigenvalue weighted by Crippen LogP contribution is -2.06. The molecule has 0 aliphatic heterocycles. The fourth-order valence-electron chi connectivity index (χ4n) is 1.82. The fraction of sp³-hybridized carbons (Fsp3) is 0.200. The second kappa shape index (κ2) is 6.43. The lowest BCUT2D eigenvalue weighted by atomic mass is 10.1. The molecule has 3 heteroatoms. The van der Waals surface area contributed by atoms with Gasteiger partial charge in [-0.3, -0.25) is 0 Å². The molecule has 2 nitrogen and oxygen atoms in total. The molecule has 0 aromatic heterocycles. The monoisotopic (exact) mass is 261 g/mol. The van der Waals surface area contributed by atoms with Crippen LogP contribution in [0, 0.1) is 0 Å². The van der Waals surface area contributed by atoms with Crippen LogP contribution in [0.1, 0.15) is 11.1 Å². The highest BCUT2D eigenvalue weighted by atomic mass is 35.5. The van der Waals surface area contributed by atoms with Gasteiger partial charge in [0.05, 0.1) is 0 Å². The highest BCUT2D eigenvalue weighted by molar-refractivity contribution is 6.30. The van der Waals surface area contributed by atoms with Crippen molar-refractivity contribution in [3.8, 4) is 5.75 Å². The third-order valence-corrected chi connectivity index (χ3v) is 2.96. The predicted octanol–water partition coefficient (Wildman–Crippen LogP) is 3.42. The highest BCUT2D eigenvalue weighted by Crippen LogP contribution is 2.19. The molecule has 0 saturated carbocycles. The van der Waals surface area contributed by atoms with Crippen molar-refractivity contribution < 1.29 is 4.74 Å². The molecule has 0 atom stereocenters. The summed E-state index contributed by atoms with van der Waals surface area (Å²) in [7, 11) is 0. The van der Waals surface area contributed by atoms with E-state index in [4.69, 9.17) is 22.1 Å². The third-order valence-electron chi connectivity index (χ3n) is 2.72. The van der Waals surface area contributed by atoms with Crippen molar-refractivity contribution in [3.63, 3.8) is 0 Å². The van der Waals surface area contributed by atoms with Gasteiger partial charge in [-0.15, -0.1) is 0 Å². The Morgan fingerprint density at radius 2 is 1.78 bits per heavy atom. The molecule has 2 aromatic rings. The van der Waals surface area contributed by atoms with E-state index >= 15 is 0 Å². The number of halogens is 1. The van der Waals surface area contributed by atoms with Crippen LogP contribution in [0.2, 0.25) is 5.02 Å². The Labute approximate surface area is 112 Å². The molecule has 0 amide bonds. The van der Waals surface area contributed by atoms with Crippen LogP contribution in [-0.2, 0) is 13.0 Å². The number of nitrogens with two attached hydrogens (primary N) is 1. The Kier molecular flexibility index (Phi) is 4.62. The molecule has 0 saturated heterocycles. The zero-order valence-corrected chi connectivity index (χ0v) is 10.9. The average molecular weight is 262 g/mol. The van der Waals surface area contributed by atoms with Crippen molar-refractivity contribution in [1.29, 1.82) is 0 Å². The maximum Gasteiger partial charge on any atom is 0.121 e. The van der Waals surface area contributed by atoms with Gasteiger partial charge in [-0.25, -0.2) is 0 Å². The van der Waals surface area contributed by atoms with Gasteiger partial charge in [0.2, 0.25) is 0 Å². The Balaban J connectivity index is 2.06. The molecule has 0 aliphatic rings. The standard InChI is InChI=1S/C15H16ClNO/c16-14-6-3-7-15(10-14)18-11-13-5-2-1-4-12(13)8-9-17/h1-7,10H,8-9,11,17H2. The summed E-state index contributed by atoms with van der Waals surface area (Å²) in [5.74, 6) is 0.782. The number of benzene rings is 2. The van der Waals surface area contributed by atoms with E-state index in [0.29, 0.717) is 18.2 Å². The van der Waals surface area contributed by atoms with Crippen LogP contribution in [0.15, 0.2) is 48.5 Å². The highest BCUT2D eigenvalue weighted by Gasteiger charge is 2.02. The first-order chi connectivity index (χ1) is 8.79. The molecular weight excluding hydrogens is 246 g/mol. The summed E-state index contributed by atoms with van der Waals surface area (Å²) in [6, 6.07) is 15.6. The molecule has 94 valence electrons. The van der Waals surface area contributed by atoms with Crippen LogP contribution in [0.5, 0.6) is 5.75 Å². The Bertz CT molecular complexity index is 513. The summed E-state index contributed by atoms with van der Waals surface area (Å²) in [5, 5.41) is 0.683. The van der Waals surface area contributed by atoms with E-state index in [9.17, 15) is 0 Å². The number of rotatable bonds is 5. The molecular formula is C15H16ClNO. The van der Waals surface area contributed by atoms with Crippen LogP contribution < -0.4 is 10.5 Å². The Morgan fingerprint density at radius 3 is 2.50 bits per heavy atom. The average Bonchev–Trinajstić information content (AvgIpc) is 2.38. The quantitative estimate of drug-likeness (QED) is 0.895. The third kappa shape index (κ3) is 3.49. The maximum atomic E-state index is 5.91. The number of hydrogen-bond donors (Lipinski definition) is 1. The van der Waals surface area contributed by atoms with Crippen LogP contribution >= 0.6 is 11.6 Å². The van der Waals surface area contributed by atoms with Gasteiger partial charge in [-0.05, 0) is 42.3 Å². The first-order valence-electron chi connectivity index (χ1n) is 5.95. The molecule has 2 rings (SSSR count). The largest absolute Gasteiger partial charge is 0.489 e. The maximum absolute atomic E-state index is 5.91. The van der Waals surface area contributed by atoms with Gasteiger partial charge in [0.1, 0.15) is 12.4 Å². The minimum absolute atomic E-state index is 0.538. The van der Waals surface area contributed by atoms with E-state index < -0.39 is 0 Å². The summed E-state index contributed by atoms with van der Waals surface area (Å²) in [5.41, 5.74) is 8.01. The van der Waals surface area contributed by atoms with Gasteiger partial charge in [0.15, 0.2) is 0 Å². The van der Waals surface area contributed by atoms with Gasteiger partial charge < -0.3 is 10.5 Å². The van der Waals surface area contributed by atoms with Crippen molar-refractivity contribution in [1.82, 2.24) is 0 Å². The van der Waals surface area contributed by atoms with Gasteiger partial charge in [-0.1, -0.05) is 41.9 Å². The van der Waals surface area contributed by atoms with Crippen molar-refractivity contribution in [2.45, 2.75) is 13.0 Å². The van der Waals surface area contributed by atoms with Gasteiger partial charge in [0, 0.05) is 5.02 Å². The lowest BCUT2D eigenvalue weighted by Gasteiger charge is -2.10. The van der Waals surface area contributed by atoms with Crippen molar-refractivity contribution in [2.75, 3.05) is 6.54 Å². The molecule has 0 radical (unpaired) electrons. The molecule has 2 aromatic carbocycles. The summed E-state index contributed by atoms with van der Waals surface area (Å²) in [6.07, 6.45) is 0.870. The molecule has 0 unspecified atom stereocenters. The van der Waals surface area contributed by atoms with Gasteiger partial charge in [-0.2, -0.15) is 0 Å². The van der Waals surface area contributed by atoms with Gasteiger partial charge >= 0.3 is 0 Å². The second-order valence-electron chi connectivity index (χ2n) is 4.05. The van der Waals surface area contributed by atoms with E-state index in [1.165, 1.54) is 11.1 Å². The summed E-state index contributed by atoms with van der Waals surface area (Å²) >= 11 is 5.91. The summed E-state index contributed by atoms with van der Waals surface area (Å²) in [6.45, 7) is 1.19. The lowest BCUT2D eigenvalue weighted by molar-refractivity contribution is 0.305. The minimum atomic E-state index is 0.538. The van der Waals surface area contributed by atoms with E-state index in [1.807, 2.05) is 36.4 Å². The smallest absolute Gasteiger partial charge is 0.121 e. The zero-order chi connectivity index (χ0) is 12.8. The fourth-order valence-corrected chi connectivity index (χ4v) is 2.00. The number of hydrogen-bond acceptors (Lipinski definition) is 2. The van der Waals surface area contributed by atoms with Crippen molar-refractivity contribution in [2.24, 2.45) is 5.73 Å². The zero-order valence-electron chi connectivity index (χ0n) is 10.1. The normalized spacial score (nSPS) is 10.3. The summed E-state index contributed by atoms with van der Waals surface area (Å²) in [4.78, 5) is 0. The SMILES string of the molecule is NCCc1ccccc1COc1cccc(Cl)c1. The van der Waals surface area contributed by atoms with E-state index in [-0.39, 0.29) is 0 Å². The van der Waals surface area contributed by atoms with Gasteiger partial charge in [0.25, 0.3) is 0 Å². The van der Waals surface area contributed by atoms with E-state index in [1.54, 1.807) is 0 Å². The molecule has 0 aliphatic carbocycles. The van der Waals surface area contributed by atoms with Crippen LogP contribution in [0.25, 0.3) is 0 Å². The molecule has 0 bridgehead atoms. The Morgan fingerprint density at radius 1 is 1.00 bits per heavy atom. The molecule has 0 spiro atoms. The summed E-state index contributed by atoms with van der Waals surface area (Å²) < 4.78 is 5.73. The van der Waals surface area contributed by atoms with E-state index in [0.717, 1.165) is 12.2 Å². The topological polar surface area (TPSA) is 35.2 Å². The van der Waals surface area contributed by atoms with Crippen molar-refractivity contribution >= 4 is 11.6 Å².